The van der Waals surface area contributed by atoms with E-state index < -0.39 is 34.9 Å². The first-order valence-electron chi connectivity index (χ1n) is 17.9. The minimum absolute atomic E-state index is 0.00404. The molecule has 2 aliphatic heterocycles. The molecule has 52 heavy (non-hydrogen) atoms. The van der Waals surface area contributed by atoms with Crippen LogP contribution in [0.25, 0.3) is 6.08 Å². The van der Waals surface area contributed by atoms with Crippen LogP contribution in [-0.2, 0) is 22.8 Å². The minimum Gasteiger partial charge on any atom is -0.504 e. The van der Waals surface area contributed by atoms with Gasteiger partial charge in [0.1, 0.15) is 6.10 Å². The Kier molecular flexibility index (Phi) is 8.54. The summed E-state index contributed by atoms with van der Waals surface area (Å²) in [5.41, 5.74) is 1.25. The Bertz CT molecular complexity index is 1980. The maximum atomic E-state index is 14.7. The zero-order valence-corrected chi connectivity index (χ0v) is 28.7. The number of halogens is 3. The van der Waals surface area contributed by atoms with Crippen molar-refractivity contribution in [1.29, 1.82) is 0 Å². The molecule has 5 atom stereocenters. The van der Waals surface area contributed by atoms with Crippen LogP contribution in [0.5, 0.6) is 11.5 Å². The van der Waals surface area contributed by atoms with E-state index in [0.29, 0.717) is 44.5 Å². The molecule has 4 aromatic carbocycles. The fraction of sp³-hybridized carbons (Fsp3) is 0.326. The molecule has 4 aromatic rings. The molecule has 0 radical (unpaired) electrons. The van der Waals surface area contributed by atoms with Crippen LogP contribution in [0, 0.1) is 0 Å². The molecule has 9 heteroatoms. The molecule has 2 heterocycles. The number of benzene rings is 4. The first-order chi connectivity index (χ1) is 25.0. The molecule has 0 aromatic heterocycles. The van der Waals surface area contributed by atoms with Gasteiger partial charge in [0.15, 0.2) is 11.5 Å². The fourth-order valence-electron chi connectivity index (χ4n) is 9.75. The quantitative estimate of drug-likeness (QED) is 0.139. The molecule has 8 rings (SSSR count). The van der Waals surface area contributed by atoms with Gasteiger partial charge in [0.2, 0.25) is 5.91 Å². The van der Waals surface area contributed by atoms with Crippen LogP contribution >= 0.6 is 0 Å². The van der Waals surface area contributed by atoms with Crippen LogP contribution in [0.15, 0.2) is 116 Å². The summed E-state index contributed by atoms with van der Waals surface area (Å²) in [6.45, 7) is 5.52. The third kappa shape index (κ3) is 5.44. The highest BCUT2D eigenvalue weighted by Crippen LogP contribution is 2.66. The highest BCUT2D eigenvalue weighted by Gasteiger charge is 2.73. The summed E-state index contributed by atoms with van der Waals surface area (Å²) in [7, 11) is 0. The second kappa shape index (κ2) is 13.0. The lowest BCUT2D eigenvalue weighted by Crippen LogP contribution is -2.78. The summed E-state index contributed by atoms with van der Waals surface area (Å²) >= 11 is 0. The van der Waals surface area contributed by atoms with Gasteiger partial charge in [-0.15, -0.1) is 6.58 Å². The fourth-order valence-corrected chi connectivity index (χ4v) is 9.75. The number of phenolic OH excluding ortho intramolecular Hbond substituents is 1. The van der Waals surface area contributed by atoms with Crippen molar-refractivity contribution in [1.82, 2.24) is 9.80 Å². The van der Waals surface area contributed by atoms with Gasteiger partial charge in [-0.2, -0.15) is 13.2 Å². The Morgan fingerprint density at radius 3 is 2.38 bits per heavy atom. The Morgan fingerprint density at radius 2 is 1.71 bits per heavy atom. The van der Waals surface area contributed by atoms with E-state index in [1.807, 2.05) is 72.8 Å². The Balaban J connectivity index is 1.24. The topological polar surface area (TPSA) is 73.2 Å². The number of aliphatic hydroxyl groups is 1. The lowest BCUT2D eigenvalue weighted by Gasteiger charge is -2.64. The molecule has 1 amide bonds. The van der Waals surface area contributed by atoms with Crippen molar-refractivity contribution in [2.24, 2.45) is 0 Å². The highest BCUT2D eigenvalue weighted by atomic mass is 19.4. The van der Waals surface area contributed by atoms with Gasteiger partial charge in [-0.1, -0.05) is 84.9 Å². The third-order valence-corrected chi connectivity index (χ3v) is 12.0. The molecule has 6 nitrogen and oxygen atoms in total. The van der Waals surface area contributed by atoms with Gasteiger partial charge in [0.05, 0.1) is 22.6 Å². The number of nitrogens with zero attached hydrogens (tertiary/aromatic N) is 2. The summed E-state index contributed by atoms with van der Waals surface area (Å²) in [5.74, 6) is -0.239. The van der Waals surface area contributed by atoms with Gasteiger partial charge < -0.3 is 19.8 Å². The first-order valence-corrected chi connectivity index (χ1v) is 17.9. The van der Waals surface area contributed by atoms with E-state index in [-0.39, 0.29) is 35.7 Å². The summed E-state index contributed by atoms with van der Waals surface area (Å²) in [4.78, 5) is 18.8. The number of rotatable bonds is 9. The van der Waals surface area contributed by atoms with Crippen LogP contribution in [0.4, 0.5) is 13.2 Å². The number of likely N-dealkylation sites (tertiary alicyclic amines) is 1. The highest BCUT2D eigenvalue weighted by molar-refractivity contribution is 5.92. The summed E-state index contributed by atoms with van der Waals surface area (Å²) in [6.07, 6.45) is 1.41. The number of aromatic hydroxyl groups is 1. The number of phenols is 1. The van der Waals surface area contributed by atoms with Crippen molar-refractivity contribution >= 4 is 12.0 Å². The molecule has 4 aliphatic rings. The normalized spacial score (nSPS) is 26.2. The number of amides is 1. The molecular formula is C43H41F3N2O4. The molecule has 2 fully saturated rings. The predicted molar refractivity (Wildman–Crippen MR) is 193 cm³/mol. The van der Waals surface area contributed by atoms with Crippen LogP contribution < -0.4 is 4.74 Å². The van der Waals surface area contributed by atoms with E-state index in [9.17, 15) is 28.2 Å². The number of piperidine rings is 1. The van der Waals surface area contributed by atoms with Crippen molar-refractivity contribution in [3.8, 4) is 11.5 Å². The van der Waals surface area contributed by atoms with Gasteiger partial charge in [-0.25, -0.2) is 0 Å². The minimum atomic E-state index is -4.52. The number of hydrogen-bond donors (Lipinski definition) is 2. The summed E-state index contributed by atoms with van der Waals surface area (Å²) < 4.78 is 47.6. The van der Waals surface area contributed by atoms with Gasteiger partial charge in [-0.3, -0.25) is 9.69 Å². The molecule has 2 unspecified atom stereocenters. The monoisotopic (exact) mass is 706 g/mol. The van der Waals surface area contributed by atoms with E-state index in [4.69, 9.17) is 4.74 Å². The SMILES string of the molecule is C=CCN1CC[C@]23c4c5ccc(O)c4OC2C(N(CC(c2ccccc2)c2ccccc2)C(=O)C=Cc2cccc(C(F)(F)F)c2)CC[C@@]3(O)[C@H]1C5. The lowest BCUT2D eigenvalue weighted by molar-refractivity contribution is -0.199. The molecule has 1 spiro atoms. The summed E-state index contributed by atoms with van der Waals surface area (Å²) in [5, 5.41) is 24.2. The molecule has 2 N–H and O–H groups in total. The van der Waals surface area contributed by atoms with E-state index >= 15 is 0 Å². The van der Waals surface area contributed by atoms with Crippen LogP contribution in [0.3, 0.4) is 0 Å². The van der Waals surface area contributed by atoms with E-state index in [0.717, 1.165) is 34.4 Å². The van der Waals surface area contributed by atoms with Crippen LogP contribution in [-0.4, -0.2) is 69.3 Å². The van der Waals surface area contributed by atoms with Crippen molar-refractivity contribution in [3.63, 3.8) is 0 Å². The second-order valence-electron chi connectivity index (χ2n) is 14.6. The molecule has 2 bridgehead atoms. The van der Waals surface area contributed by atoms with E-state index in [1.165, 1.54) is 18.2 Å². The third-order valence-electron chi connectivity index (χ3n) is 12.0. The smallest absolute Gasteiger partial charge is 0.416 e. The molecule has 2 aliphatic carbocycles. The van der Waals surface area contributed by atoms with Crippen LogP contribution in [0.2, 0.25) is 0 Å². The Labute approximate surface area is 301 Å². The second-order valence-corrected chi connectivity index (χ2v) is 14.6. The maximum absolute atomic E-state index is 14.7. The van der Waals surface area contributed by atoms with Crippen molar-refractivity contribution in [2.75, 3.05) is 19.6 Å². The Hall–Kier alpha value is -4.86. The van der Waals surface area contributed by atoms with Gasteiger partial charge >= 0.3 is 6.18 Å². The van der Waals surface area contributed by atoms with Crippen molar-refractivity contribution in [3.05, 3.63) is 149 Å². The van der Waals surface area contributed by atoms with E-state index in [1.54, 1.807) is 17.0 Å². The number of ether oxygens (including phenoxy) is 1. The first kappa shape index (κ1) is 34.2. The Morgan fingerprint density at radius 1 is 1.00 bits per heavy atom. The largest absolute Gasteiger partial charge is 0.504 e. The molecular weight excluding hydrogens is 665 g/mol. The van der Waals surface area contributed by atoms with E-state index in [2.05, 4.69) is 11.5 Å². The average molecular weight is 707 g/mol. The maximum Gasteiger partial charge on any atom is 0.416 e. The number of carbonyl (C=O) groups excluding carboxylic acids is 1. The number of alkyl halides is 3. The standard InChI is InChI=1S/C43H41F3N2O4/c1-2-23-47-24-22-41-38-31-17-18-35(49)39(38)52-40(41)34(20-21-42(41,51)36(47)26-31)48(37(50)19-16-28-10-9-15-32(25-28)43(44,45)46)27-33(29-11-5-3-6-12-29)30-13-7-4-8-14-30/h2-19,25,33-34,36,40,49,51H,1,20-24,26-27H2/t34?,36-,40?,41+,42-/m1/s1. The number of carbonyl (C=O) groups is 1. The average Bonchev–Trinajstić information content (AvgIpc) is 3.50. The van der Waals surface area contributed by atoms with Crippen molar-refractivity contribution < 1.29 is 32.9 Å². The molecule has 1 saturated heterocycles. The zero-order valence-electron chi connectivity index (χ0n) is 28.7. The zero-order chi connectivity index (χ0) is 36.3. The number of hydrogen-bond acceptors (Lipinski definition) is 5. The summed E-state index contributed by atoms with van der Waals surface area (Å²) in [6, 6.07) is 27.6. The molecule has 268 valence electrons. The van der Waals surface area contributed by atoms with Crippen LogP contribution in [0.1, 0.15) is 58.6 Å². The van der Waals surface area contributed by atoms with Crippen molar-refractivity contribution in [2.45, 2.75) is 67.0 Å². The van der Waals surface area contributed by atoms with Gasteiger partial charge in [-0.05, 0) is 78.8 Å². The lowest BCUT2D eigenvalue weighted by atomic mass is 9.48. The van der Waals surface area contributed by atoms with Gasteiger partial charge in [0.25, 0.3) is 0 Å². The molecule has 1 saturated carbocycles. The predicted octanol–water partition coefficient (Wildman–Crippen LogP) is 7.49. The van der Waals surface area contributed by atoms with Gasteiger partial charge in [0, 0.05) is 36.7 Å².